The number of likely N-dealkylation sites (tertiary alicyclic amines) is 1. The van der Waals surface area contributed by atoms with E-state index >= 15 is 0 Å². The summed E-state index contributed by atoms with van der Waals surface area (Å²) in [5.74, 6) is 2.68. The molecule has 0 spiro atoms. The Morgan fingerprint density at radius 1 is 1.03 bits per heavy atom. The van der Waals surface area contributed by atoms with E-state index in [1.165, 1.54) is 31.6 Å². The number of rotatable bonds is 8. The van der Waals surface area contributed by atoms with Crippen molar-refractivity contribution in [2.24, 2.45) is 10.9 Å². The second kappa shape index (κ2) is 14.0. The molecule has 2 aliphatic rings. The van der Waals surface area contributed by atoms with Crippen LogP contribution in [0.3, 0.4) is 0 Å². The number of piperazine rings is 1. The van der Waals surface area contributed by atoms with Gasteiger partial charge in [-0.15, -0.1) is 24.0 Å². The topological polar surface area (TPSA) is 52.6 Å². The number of benzene rings is 1. The number of piperidine rings is 1. The highest BCUT2D eigenvalue weighted by molar-refractivity contribution is 14.0. The van der Waals surface area contributed by atoms with Gasteiger partial charge in [0.1, 0.15) is 5.75 Å². The monoisotopic (exact) mass is 545 g/mol. The molecule has 3 rings (SSSR count). The Labute approximate surface area is 205 Å². The lowest BCUT2D eigenvalue weighted by Gasteiger charge is -2.38. The maximum Gasteiger partial charge on any atom is 0.194 e. The quantitative estimate of drug-likeness (QED) is 0.308. The van der Waals surface area contributed by atoms with Crippen molar-refractivity contribution in [3.63, 3.8) is 0 Å². The van der Waals surface area contributed by atoms with E-state index in [-0.39, 0.29) is 24.0 Å². The van der Waals surface area contributed by atoms with Crippen molar-refractivity contribution in [1.82, 2.24) is 15.1 Å². The molecule has 2 heterocycles. The molecular weight excluding hydrogens is 505 g/mol. The summed E-state index contributed by atoms with van der Waals surface area (Å²) >= 11 is 0. The molecule has 0 bridgehead atoms. The molecule has 0 aromatic heterocycles. The largest absolute Gasteiger partial charge is 0.497 e. The van der Waals surface area contributed by atoms with E-state index in [4.69, 9.17) is 14.5 Å². The maximum atomic E-state index is 5.27. The molecular formula is C23H40IN5O2. The summed E-state index contributed by atoms with van der Waals surface area (Å²) in [5.41, 5.74) is 1.26. The van der Waals surface area contributed by atoms with Crippen molar-refractivity contribution in [2.45, 2.75) is 19.8 Å². The number of ether oxygens (including phenoxy) is 2. The number of nitrogens with zero attached hydrogens (tertiary/aromatic N) is 4. The van der Waals surface area contributed by atoms with Gasteiger partial charge in [-0.2, -0.15) is 0 Å². The summed E-state index contributed by atoms with van der Waals surface area (Å²) in [7, 11) is 3.49. The first kappa shape index (κ1) is 26.0. The van der Waals surface area contributed by atoms with Crippen LogP contribution >= 0.6 is 24.0 Å². The van der Waals surface area contributed by atoms with Crippen molar-refractivity contribution in [1.29, 1.82) is 0 Å². The first-order chi connectivity index (χ1) is 14.7. The summed E-state index contributed by atoms with van der Waals surface area (Å²) in [6, 6.07) is 8.36. The highest BCUT2D eigenvalue weighted by Crippen LogP contribution is 2.21. The Bertz CT molecular complexity index is 642. The third kappa shape index (κ3) is 7.98. The summed E-state index contributed by atoms with van der Waals surface area (Å²) in [6.45, 7) is 12.2. The standard InChI is InChI=1S/C23H39N5O2.HI/c1-4-24-23(25-19-20-9-11-26(12-10-20)17-18-29-2)28-15-13-27(14-16-28)21-5-7-22(30-3)8-6-21;/h5-8,20H,4,9-19H2,1-3H3,(H,24,25);1H. The van der Waals surface area contributed by atoms with Crippen LogP contribution in [0, 0.1) is 5.92 Å². The van der Waals surface area contributed by atoms with E-state index in [1.54, 1.807) is 14.2 Å². The van der Waals surface area contributed by atoms with Gasteiger partial charge in [-0.3, -0.25) is 4.99 Å². The zero-order chi connectivity index (χ0) is 21.2. The number of hydrogen-bond acceptors (Lipinski definition) is 5. The molecule has 7 nitrogen and oxygen atoms in total. The van der Waals surface area contributed by atoms with Gasteiger partial charge in [0.2, 0.25) is 0 Å². The van der Waals surface area contributed by atoms with Crippen LogP contribution in [0.5, 0.6) is 5.75 Å². The van der Waals surface area contributed by atoms with E-state index in [0.29, 0.717) is 5.92 Å². The Kier molecular flexibility index (Phi) is 11.7. The minimum Gasteiger partial charge on any atom is -0.497 e. The van der Waals surface area contributed by atoms with Crippen LogP contribution in [0.1, 0.15) is 19.8 Å². The lowest BCUT2D eigenvalue weighted by Crippen LogP contribution is -2.52. The second-order valence-corrected chi connectivity index (χ2v) is 8.14. The Morgan fingerprint density at radius 2 is 1.71 bits per heavy atom. The second-order valence-electron chi connectivity index (χ2n) is 8.14. The lowest BCUT2D eigenvalue weighted by atomic mass is 9.97. The molecule has 31 heavy (non-hydrogen) atoms. The SMILES string of the molecule is CCNC(=NCC1CCN(CCOC)CC1)N1CCN(c2ccc(OC)cc2)CC1.I. The van der Waals surface area contributed by atoms with Crippen molar-refractivity contribution < 1.29 is 9.47 Å². The molecule has 0 unspecified atom stereocenters. The van der Waals surface area contributed by atoms with Gasteiger partial charge in [0.25, 0.3) is 0 Å². The fourth-order valence-electron chi connectivity index (χ4n) is 4.22. The van der Waals surface area contributed by atoms with Crippen molar-refractivity contribution in [2.75, 3.05) is 84.6 Å². The molecule has 2 saturated heterocycles. The molecule has 0 amide bonds. The van der Waals surface area contributed by atoms with Crippen molar-refractivity contribution >= 4 is 35.6 Å². The molecule has 0 atom stereocenters. The summed E-state index contributed by atoms with van der Waals surface area (Å²) in [4.78, 5) is 12.4. The number of guanidine groups is 1. The predicted molar refractivity (Wildman–Crippen MR) is 139 cm³/mol. The molecule has 1 aromatic carbocycles. The first-order valence-electron chi connectivity index (χ1n) is 11.4. The van der Waals surface area contributed by atoms with Gasteiger partial charge < -0.3 is 29.5 Å². The third-order valence-corrected chi connectivity index (χ3v) is 6.17. The summed E-state index contributed by atoms with van der Waals surface area (Å²) < 4.78 is 10.5. The van der Waals surface area contributed by atoms with Gasteiger partial charge in [-0.25, -0.2) is 0 Å². The smallest absolute Gasteiger partial charge is 0.194 e. The summed E-state index contributed by atoms with van der Waals surface area (Å²) in [5, 5.41) is 3.51. The molecule has 176 valence electrons. The van der Waals surface area contributed by atoms with Gasteiger partial charge in [-0.1, -0.05) is 0 Å². The van der Waals surface area contributed by atoms with Crippen LogP contribution in [0.25, 0.3) is 0 Å². The van der Waals surface area contributed by atoms with Gasteiger partial charge in [0.15, 0.2) is 5.96 Å². The highest BCUT2D eigenvalue weighted by Gasteiger charge is 2.22. The lowest BCUT2D eigenvalue weighted by molar-refractivity contribution is 0.121. The molecule has 0 saturated carbocycles. The zero-order valence-corrected chi connectivity index (χ0v) is 21.7. The predicted octanol–water partition coefficient (Wildman–Crippen LogP) is 2.76. The van der Waals surface area contributed by atoms with Gasteiger partial charge in [0.05, 0.1) is 13.7 Å². The molecule has 2 fully saturated rings. The Balaban J connectivity index is 0.00000341. The van der Waals surface area contributed by atoms with E-state index in [1.807, 2.05) is 12.1 Å². The van der Waals surface area contributed by atoms with Crippen LogP contribution < -0.4 is 15.0 Å². The highest BCUT2D eigenvalue weighted by atomic mass is 127. The van der Waals surface area contributed by atoms with E-state index < -0.39 is 0 Å². The van der Waals surface area contributed by atoms with E-state index in [0.717, 1.165) is 64.1 Å². The Morgan fingerprint density at radius 3 is 2.29 bits per heavy atom. The van der Waals surface area contributed by atoms with E-state index in [9.17, 15) is 0 Å². The molecule has 0 radical (unpaired) electrons. The van der Waals surface area contributed by atoms with Crippen molar-refractivity contribution in [3.05, 3.63) is 24.3 Å². The summed E-state index contributed by atoms with van der Waals surface area (Å²) in [6.07, 6.45) is 2.47. The van der Waals surface area contributed by atoms with E-state index in [2.05, 4.69) is 39.1 Å². The first-order valence-corrected chi connectivity index (χ1v) is 11.4. The van der Waals surface area contributed by atoms with Crippen LogP contribution in [-0.2, 0) is 4.74 Å². The van der Waals surface area contributed by atoms with Gasteiger partial charge in [0, 0.05) is 58.6 Å². The Hall–Kier alpha value is -1.26. The number of nitrogens with one attached hydrogen (secondary N) is 1. The third-order valence-electron chi connectivity index (χ3n) is 6.17. The normalized spacial score (nSPS) is 18.6. The van der Waals surface area contributed by atoms with Crippen LogP contribution in [0.4, 0.5) is 5.69 Å². The number of halogens is 1. The van der Waals surface area contributed by atoms with Gasteiger partial charge >= 0.3 is 0 Å². The minimum atomic E-state index is 0. The molecule has 0 aliphatic carbocycles. The van der Waals surface area contributed by atoms with Crippen LogP contribution in [0.15, 0.2) is 29.3 Å². The number of anilines is 1. The number of aliphatic imine (C=N–C) groups is 1. The number of hydrogen-bond donors (Lipinski definition) is 1. The zero-order valence-electron chi connectivity index (χ0n) is 19.4. The molecule has 1 aromatic rings. The van der Waals surface area contributed by atoms with Crippen LogP contribution in [-0.4, -0.2) is 95.5 Å². The fourth-order valence-corrected chi connectivity index (χ4v) is 4.22. The molecule has 8 heteroatoms. The maximum absolute atomic E-state index is 5.27. The molecule has 1 N–H and O–H groups in total. The van der Waals surface area contributed by atoms with Gasteiger partial charge in [-0.05, 0) is 63.0 Å². The average molecular weight is 546 g/mol. The van der Waals surface area contributed by atoms with Crippen LogP contribution in [0.2, 0.25) is 0 Å². The fraction of sp³-hybridized carbons (Fsp3) is 0.696. The molecule has 2 aliphatic heterocycles. The average Bonchev–Trinajstić information content (AvgIpc) is 2.81. The minimum absolute atomic E-state index is 0. The van der Waals surface area contributed by atoms with Crippen molar-refractivity contribution in [3.8, 4) is 5.75 Å². The number of methoxy groups -OCH3 is 2.